The molecular formula is C17H12F4O2. The first kappa shape index (κ1) is 16.7. The average Bonchev–Trinajstić information content (AvgIpc) is 2.52. The Morgan fingerprint density at radius 2 is 1.74 bits per heavy atom. The summed E-state index contributed by atoms with van der Waals surface area (Å²) in [5.41, 5.74) is -0.218. The molecule has 0 aromatic heterocycles. The molecular weight excluding hydrogens is 312 g/mol. The van der Waals surface area contributed by atoms with Crippen LogP contribution in [0.25, 0.3) is 6.08 Å². The van der Waals surface area contributed by atoms with E-state index in [1.54, 1.807) is 0 Å². The number of ether oxygens (including phenoxy) is 1. The van der Waals surface area contributed by atoms with Gasteiger partial charge in [0.15, 0.2) is 17.3 Å². The normalized spacial score (nSPS) is 11.7. The van der Waals surface area contributed by atoms with Crippen molar-refractivity contribution in [1.29, 1.82) is 0 Å². The smallest absolute Gasteiger partial charge is 0.416 e. The first-order valence-corrected chi connectivity index (χ1v) is 6.54. The fourth-order valence-corrected chi connectivity index (χ4v) is 1.87. The van der Waals surface area contributed by atoms with Gasteiger partial charge < -0.3 is 4.74 Å². The van der Waals surface area contributed by atoms with Crippen LogP contribution in [0.3, 0.4) is 0 Å². The van der Waals surface area contributed by atoms with Crippen molar-refractivity contribution < 1.29 is 27.1 Å². The van der Waals surface area contributed by atoms with Crippen molar-refractivity contribution in [3.63, 3.8) is 0 Å². The maximum absolute atomic E-state index is 13.5. The fraction of sp³-hybridized carbons (Fsp3) is 0.118. The summed E-state index contributed by atoms with van der Waals surface area (Å²) in [6.07, 6.45) is -1.87. The van der Waals surface area contributed by atoms with Crippen molar-refractivity contribution in [3.8, 4) is 5.75 Å². The second-order valence-electron chi connectivity index (χ2n) is 4.67. The molecule has 0 heterocycles. The highest BCUT2D eigenvalue weighted by atomic mass is 19.4. The monoisotopic (exact) mass is 324 g/mol. The minimum Gasteiger partial charge on any atom is -0.494 e. The molecule has 0 amide bonds. The minimum absolute atomic E-state index is 0.0215. The van der Waals surface area contributed by atoms with E-state index in [2.05, 4.69) is 0 Å². The van der Waals surface area contributed by atoms with Gasteiger partial charge >= 0.3 is 6.18 Å². The molecule has 0 unspecified atom stereocenters. The van der Waals surface area contributed by atoms with Gasteiger partial charge in [0.05, 0.1) is 12.7 Å². The van der Waals surface area contributed by atoms with Crippen LogP contribution in [0, 0.1) is 5.82 Å². The van der Waals surface area contributed by atoms with Crippen molar-refractivity contribution in [3.05, 3.63) is 71.0 Å². The third-order valence-electron chi connectivity index (χ3n) is 3.10. The SMILES string of the molecule is COc1ccc(C(=O)/C=C/c2ccc(C(F)(F)F)cc2)cc1F. The Morgan fingerprint density at radius 3 is 2.26 bits per heavy atom. The van der Waals surface area contributed by atoms with E-state index >= 15 is 0 Å². The maximum Gasteiger partial charge on any atom is 0.416 e. The molecule has 0 fully saturated rings. The van der Waals surface area contributed by atoms with E-state index in [-0.39, 0.29) is 11.3 Å². The van der Waals surface area contributed by atoms with Crippen molar-refractivity contribution in [1.82, 2.24) is 0 Å². The Kier molecular flexibility index (Phi) is 4.83. The quantitative estimate of drug-likeness (QED) is 0.461. The van der Waals surface area contributed by atoms with Crippen molar-refractivity contribution in [2.24, 2.45) is 0 Å². The van der Waals surface area contributed by atoms with Gasteiger partial charge in [-0.05, 0) is 42.0 Å². The van der Waals surface area contributed by atoms with Crippen LogP contribution in [0.5, 0.6) is 5.75 Å². The Balaban J connectivity index is 2.13. The summed E-state index contributed by atoms with van der Waals surface area (Å²) in [4.78, 5) is 11.9. The third-order valence-corrected chi connectivity index (χ3v) is 3.10. The van der Waals surface area contributed by atoms with Crippen LogP contribution in [-0.4, -0.2) is 12.9 Å². The van der Waals surface area contributed by atoms with Gasteiger partial charge in [0.25, 0.3) is 0 Å². The van der Waals surface area contributed by atoms with E-state index < -0.39 is 23.3 Å². The van der Waals surface area contributed by atoms with Gasteiger partial charge in [-0.2, -0.15) is 13.2 Å². The predicted octanol–water partition coefficient (Wildman–Crippen LogP) is 4.75. The predicted molar refractivity (Wildman–Crippen MR) is 77.8 cm³/mol. The topological polar surface area (TPSA) is 26.3 Å². The van der Waals surface area contributed by atoms with Crippen LogP contribution >= 0.6 is 0 Å². The zero-order valence-corrected chi connectivity index (χ0v) is 12.0. The number of benzene rings is 2. The lowest BCUT2D eigenvalue weighted by Gasteiger charge is -2.06. The molecule has 0 atom stereocenters. The van der Waals surface area contributed by atoms with Gasteiger partial charge in [-0.15, -0.1) is 0 Å². The molecule has 0 bridgehead atoms. The lowest BCUT2D eigenvalue weighted by molar-refractivity contribution is -0.137. The molecule has 2 aromatic carbocycles. The van der Waals surface area contributed by atoms with Crippen molar-refractivity contribution >= 4 is 11.9 Å². The molecule has 0 saturated heterocycles. The Morgan fingerprint density at radius 1 is 1.09 bits per heavy atom. The molecule has 0 radical (unpaired) electrons. The van der Waals surface area contributed by atoms with Gasteiger partial charge in [-0.1, -0.05) is 18.2 Å². The number of alkyl halides is 3. The van der Waals surface area contributed by atoms with Gasteiger partial charge in [0.1, 0.15) is 0 Å². The van der Waals surface area contributed by atoms with Crippen LogP contribution in [0.4, 0.5) is 17.6 Å². The van der Waals surface area contributed by atoms with Crippen LogP contribution in [-0.2, 0) is 6.18 Å². The van der Waals surface area contributed by atoms with E-state index in [4.69, 9.17) is 4.74 Å². The van der Waals surface area contributed by atoms with E-state index in [0.717, 1.165) is 18.2 Å². The molecule has 23 heavy (non-hydrogen) atoms. The molecule has 2 aromatic rings. The third kappa shape index (κ3) is 4.18. The summed E-state index contributed by atoms with van der Waals surface area (Å²) < 4.78 is 55.6. The number of rotatable bonds is 4. The van der Waals surface area contributed by atoms with Crippen LogP contribution in [0.1, 0.15) is 21.5 Å². The zero-order chi connectivity index (χ0) is 17.0. The van der Waals surface area contributed by atoms with Crippen LogP contribution in [0.2, 0.25) is 0 Å². The van der Waals surface area contributed by atoms with Gasteiger partial charge in [-0.25, -0.2) is 4.39 Å². The molecule has 0 aliphatic carbocycles. The number of hydrogen-bond donors (Lipinski definition) is 0. The standard InChI is InChI=1S/C17H12F4O2/c1-23-16-9-5-12(10-14(16)18)15(22)8-4-11-2-6-13(7-3-11)17(19,20)21/h2-10H,1H3/b8-4+. The second-order valence-corrected chi connectivity index (χ2v) is 4.67. The van der Waals surface area contributed by atoms with Gasteiger partial charge in [0.2, 0.25) is 0 Å². The summed E-state index contributed by atoms with van der Waals surface area (Å²) >= 11 is 0. The Labute approximate surface area is 130 Å². The van der Waals surface area contributed by atoms with Crippen molar-refractivity contribution in [2.75, 3.05) is 7.11 Å². The van der Waals surface area contributed by atoms with E-state index in [9.17, 15) is 22.4 Å². The number of halogens is 4. The molecule has 0 spiro atoms. The highest BCUT2D eigenvalue weighted by Gasteiger charge is 2.29. The minimum atomic E-state index is -4.40. The molecule has 2 rings (SSSR count). The second kappa shape index (κ2) is 6.64. The number of carbonyl (C=O) groups is 1. The first-order chi connectivity index (χ1) is 10.8. The first-order valence-electron chi connectivity index (χ1n) is 6.54. The zero-order valence-electron chi connectivity index (χ0n) is 12.0. The summed E-state index contributed by atoms with van der Waals surface area (Å²) in [6.45, 7) is 0. The molecule has 6 heteroatoms. The summed E-state index contributed by atoms with van der Waals surface area (Å²) in [5.74, 6) is -1.11. The Hall–Kier alpha value is -2.63. The Bertz CT molecular complexity index is 731. The van der Waals surface area contributed by atoms with Crippen molar-refractivity contribution in [2.45, 2.75) is 6.18 Å². The lowest BCUT2D eigenvalue weighted by atomic mass is 10.1. The molecule has 0 saturated carbocycles. The number of carbonyl (C=O) groups excluding carboxylic acids is 1. The summed E-state index contributed by atoms with van der Waals surface area (Å²) in [5, 5.41) is 0. The highest BCUT2D eigenvalue weighted by molar-refractivity contribution is 6.06. The lowest BCUT2D eigenvalue weighted by Crippen LogP contribution is -2.04. The van der Waals surface area contributed by atoms with Crippen LogP contribution in [0.15, 0.2) is 48.5 Å². The number of ketones is 1. The van der Waals surface area contributed by atoms with E-state index in [1.807, 2.05) is 0 Å². The molecule has 2 nitrogen and oxygen atoms in total. The van der Waals surface area contributed by atoms with E-state index in [0.29, 0.717) is 5.56 Å². The molecule has 0 aliphatic heterocycles. The average molecular weight is 324 g/mol. The van der Waals surface area contributed by atoms with Gasteiger partial charge in [0, 0.05) is 5.56 Å². The van der Waals surface area contributed by atoms with Crippen LogP contribution < -0.4 is 4.74 Å². The summed E-state index contributed by atoms with van der Waals surface area (Å²) in [7, 11) is 1.31. The molecule has 0 N–H and O–H groups in total. The highest BCUT2D eigenvalue weighted by Crippen LogP contribution is 2.29. The van der Waals surface area contributed by atoms with Gasteiger partial charge in [-0.3, -0.25) is 4.79 Å². The maximum atomic E-state index is 13.5. The summed E-state index contributed by atoms with van der Waals surface area (Å²) in [6, 6.07) is 8.13. The number of allylic oxidation sites excluding steroid dienone is 1. The fourth-order valence-electron chi connectivity index (χ4n) is 1.87. The molecule has 0 aliphatic rings. The van der Waals surface area contributed by atoms with E-state index in [1.165, 1.54) is 43.5 Å². The number of hydrogen-bond acceptors (Lipinski definition) is 2. The largest absolute Gasteiger partial charge is 0.494 e. The molecule has 120 valence electrons. The number of methoxy groups -OCH3 is 1.